The van der Waals surface area contributed by atoms with Crippen LogP contribution < -0.4 is 0 Å². The zero-order valence-corrected chi connectivity index (χ0v) is 65.9. The molecule has 0 aliphatic heterocycles. The van der Waals surface area contributed by atoms with E-state index in [9.17, 15) is 43.2 Å². The molecule has 0 aromatic heterocycles. The molecule has 0 heterocycles. The van der Waals surface area contributed by atoms with Gasteiger partial charge in [-0.05, 0) is 37.5 Å². The molecule has 17 nitrogen and oxygen atoms in total. The molecule has 98 heavy (non-hydrogen) atoms. The average molecular weight is 1440 g/mol. The van der Waals surface area contributed by atoms with Gasteiger partial charge in [0.25, 0.3) is 0 Å². The van der Waals surface area contributed by atoms with Gasteiger partial charge >= 0.3 is 39.5 Å². The summed E-state index contributed by atoms with van der Waals surface area (Å²) in [5.74, 6) is -0.564. The number of aliphatic hydroxyl groups excluding tert-OH is 1. The number of esters is 4. The van der Waals surface area contributed by atoms with Crippen molar-refractivity contribution >= 4 is 39.5 Å². The lowest BCUT2D eigenvalue weighted by atomic mass is 9.99. The molecule has 0 saturated carbocycles. The van der Waals surface area contributed by atoms with Crippen molar-refractivity contribution in [2.24, 2.45) is 11.8 Å². The lowest BCUT2D eigenvalue weighted by Crippen LogP contribution is -2.30. The number of carbonyl (C=O) groups is 4. The van der Waals surface area contributed by atoms with E-state index in [4.69, 9.17) is 37.0 Å². The van der Waals surface area contributed by atoms with E-state index in [0.29, 0.717) is 31.6 Å². The van der Waals surface area contributed by atoms with Gasteiger partial charge in [-0.1, -0.05) is 363 Å². The van der Waals surface area contributed by atoms with Gasteiger partial charge in [0.2, 0.25) is 0 Å². The molecule has 0 bridgehead atoms. The van der Waals surface area contributed by atoms with E-state index in [0.717, 1.165) is 102 Å². The normalized spacial score (nSPS) is 14.2. The minimum Gasteiger partial charge on any atom is -0.462 e. The molecule has 0 rings (SSSR count). The van der Waals surface area contributed by atoms with E-state index in [1.165, 1.54) is 225 Å². The highest BCUT2D eigenvalue weighted by molar-refractivity contribution is 7.47. The number of aliphatic hydroxyl groups is 1. The SMILES string of the molecule is CCCCCCCCCCCCCCCCCCCC(=O)OC[C@H](COP(=O)(O)OC[C@@H](O)COP(=O)(O)OC[C@@H](COC(=O)CCCCCCCCC(C)C)OC(=O)CCCCCCCCCCCC)OC(=O)CCCCCCCCCCCCCCCCCCCCC(C)CC. The van der Waals surface area contributed by atoms with Gasteiger partial charge in [-0.3, -0.25) is 37.3 Å². The molecule has 582 valence electrons. The summed E-state index contributed by atoms with van der Waals surface area (Å²) in [6.45, 7) is 9.59. The zero-order chi connectivity index (χ0) is 72.1. The lowest BCUT2D eigenvalue weighted by molar-refractivity contribution is -0.161. The third-order valence-electron chi connectivity index (χ3n) is 18.8. The summed E-state index contributed by atoms with van der Waals surface area (Å²) >= 11 is 0. The number of phosphoric ester groups is 2. The fraction of sp³-hybridized carbons (Fsp3) is 0.949. The van der Waals surface area contributed by atoms with Crippen molar-refractivity contribution in [2.45, 2.75) is 432 Å². The Hall–Kier alpha value is -1.94. The average Bonchev–Trinajstić information content (AvgIpc) is 1.03. The second-order valence-corrected chi connectivity index (χ2v) is 32.1. The van der Waals surface area contributed by atoms with Crippen LogP contribution in [0.4, 0.5) is 0 Å². The summed E-state index contributed by atoms with van der Waals surface area (Å²) in [5.41, 5.74) is 0. The van der Waals surface area contributed by atoms with E-state index in [-0.39, 0.29) is 25.7 Å². The first-order valence-corrected chi connectivity index (χ1v) is 44.0. The molecule has 3 N–H and O–H groups in total. The largest absolute Gasteiger partial charge is 0.472 e. The summed E-state index contributed by atoms with van der Waals surface area (Å²) in [4.78, 5) is 72.8. The summed E-state index contributed by atoms with van der Waals surface area (Å²) in [5, 5.41) is 10.6. The Morgan fingerprint density at radius 1 is 0.296 bits per heavy atom. The lowest BCUT2D eigenvalue weighted by Gasteiger charge is -2.21. The van der Waals surface area contributed by atoms with E-state index in [1.807, 2.05) is 0 Å². The molecule has 0 aromatic rings. The number of phosphoric acid groups is 2. The van der Waals surface area contributed by atoms with Gasteiger partial charge in [-0.25, -0.2) is 9.13 Å². The van der Waals surface area contributed by atoms with Gasteiger partial charge in [0, 0.05) is 25.7 Å². The first-order valence-electron chi connectivity index (χ1n) is 41.0. The molecular weight excluding hydrogens is 1280 g/mol. The molecule has 0 radical (unpaired) electrons. The van der Waals surface area contributed by atoms with Crippen LogP contribution in [0.25, 0.3) is 0 Å². The first kappa shape index (κ1) is 96.1. The van der Waals surface area contributed by atoms with E-state index in [1.54, 1.807) is 0 Å². The van der Waals surface area contributed by atoms with Crippen molar-refractivity contribution in [2.75, 3.05) is 39.6 Å². The predicted molar refractivity (Wildman–Crippen MR) is 400 cm³/mol. The Kier molecular flexibility index (Phi) is 69.3. The number of rotatable bonds is 78. The van der Waals surface area contributed by atoms with Crippen LogP contribution in [-0.4, -0.2) is 96.7 Å². The maximum atomic E-state index is 13.1. The maximum absolute atomic E-state index is 13.1. The maximum Gasteiger partial charge on any atom is 0.472 e. The minimum atomic E-state index is -4.96. The van der Waals surface area contributed by atoms with Crippen molar-refractivity contribution in [3.05, 3.63) is 0 Å². The van der Waals surface area contributed by atoms with E-state index >= 15 is 0 Å². The summed E-state index contributed by atoms with van der Waals surface area (Å²) in [6, 6.07) is 0. The number of unbranched alkanes of at least 4 members (excludes halogenated alkanes) is 47. The van der Waals surface area contributed by atoms with Gasteiger partial charge < -0.3 is 33.8 Å². The second-order valence-electron chi connectivity index (χ2n) is 29.2. The molecule has 0 aliphatic carbocycles. The van der Waals surface area contributed by atoms with Gasteiger partial charge in [-0.2, -0.15) is 0 Å². The summed E-state index contributed by atoms with van der Waals surface area (Å²) in [6.07, 6.45) is 59.9. The van der Waals surface area contributed by atoms with Crippen LogP contribution in [0.2, 0.25) is 0 Å². The molecule has 0 aromatic carbocycles. The fourth-order valence-corrected chi connectivity index (χ4v) is 13.7. The number of hydrogen-bond donors (Lipinski definition) is 3. The van der Waals surface area contributed by atoms with Gasteiger partial charge in [0.15, 0.2) is 12.2 Å². The molecule has 0 fully saturated rings. The predicted octanol–water partition coefficient (Wildman–Crippen LogP) is 23.5. The van der Waals surface area contributed by atoms with Gasteiger partial charge in [0.1, 0.15) is 19.3 Å². The Morgan fingerprint density at radius 2 is 0.520 bits per heavy atom. The first-order chi connectivity index (χ1) is 47.4. The Labute approximate surface area is 600 Å². The topological polar surface area (TPSA) is 237 Å². The molecule has 19 heteroatoms. The van der Waals surface area contributed by atoms with Crippen LogP contribution in [0.3, 0.4) is 0 Å². The smallest absolute Gasteiger partial charge is 0.462 e. The Balaban J connectivity index is 5.17. The molecule has 0 spiro atoms. The summed E-state index contributed by atoms with van der Waals surface area (Å²) in [7, 11) is -9.91. The van der Waals surface area contributed by atoms with Crippen molar-refractivity contribution in [3.63, 3.8) is 0 Å². The second kappa shape index (κ2) is 70.7. The Bertz CT molecular complexity index is 1890. The highest BCUT2D eigenvalue weighted by Gasteiger charge is 2.30. The standard InChI is InChI=1S/C79H154O17P2/c1-7-10-12-14-16-18-20-21-22-25-29-32-35-39-42-49-55-61-76(81)89-67-74(95-79(84)64-58-52-44-40-36-33-30-27-24-23-26-28-31-34-37-41-48-54-60-72(6)9-3)69-93-97(85,86)91-65-73(80)66-92-98(87,88)94-70-75(68-90-77(82)62-56-50-46-45-47-53-59-71(4)5)96-78(83)63-57-51-43-38-19-17-15-13-11-8-2/h71-75,80H,7-70H2,1-6H3,(H,85,86)(H,87,88)/t72?,73-,74-,75-/m1/s1. The van der Waals surface area contributed by atoms with Crippen molar-refractivity contribution in [1.29, 1.82) is 0 Å². The monoisotopic (exact) mass is 1440 g/mol. The fourth-order valence-electron chi connectivity index (χ4n) is 12.2. The Morgan fingerprint density at radius 3 is 0.776 bits per heavy atom. The van der Waals surface area contributed by atoms with Crippen LogP contribution in [0.1, 0.15) is 414 Å². The molecule has 3 unspecified atom stereocenters. The van der Waals surface area contributed by atoms with Crippen molar-refractivity contribution < 1.29 is 80.2 Å². The highest BCUT2D eigenvalue weighted by atomic mass is 31.2. The third kappa shape index (κ3) is 71.1. The molecular formula is C79H154O17P2. The van der Waals surface area contributed by atoms with E-state index < -0.39 is 97.5 Å². The van der Waals surface area contributed by atoms with Gasteiger partial charge in [0.05, 0.1) is 26.4 Å². The summed E-state index contributed by atoms with van der Waals surface area (Å²) < 4.78 is 68.5. The molecule has 6 atom stereocenters. The zero-order valence-electron chi connectivity index (χ0n) is 64.1. The highest BCUT2D eigenvalue weighted by Crippen LogP contribution is 2.45. The molecule has 0 saturated heterocycles. The van der Waals surface area contributed by atoms with Crippen molar-refractivity contribution in [3.8, 4) is 0 Å². The minimum absolute atomic E-state index is 0.106. The molecule has 0 amide bonds. The van der Waals surface area contributed by atoms with Crippen LogP contribution >= 0.6 is 15.6 Å². The van der Waals surface area contributed by atoms with Crippen LogP contribution in [0.5, 0.6) is 0 Å². The molecule has 0 aliphatic rings. The third-order valence-corrected chi connectivity index (χ3v) is 20.7. The van der Waals surface area contributed by atoms with Crippen LogP contribution in [0, 0.1) is 11.8 Å². The number of hydrogen-bond acceptors (Lipinski definition) is 15. The van der Waals surface area contributed by atoms with E-state index in [2.05, 4.69) is 41.5 Å². The number of ether oxygens (including phenoxy) is 4. The van der Waals surface area contributed by atoms with Gasteiger partial charge in [-0.15, -0.1) is 0 Å². The number of carbonyl (C=O) groups excluding carboxylic acids is 4. The van der Waals surface area contributed by atoms with Crippen LogP contribution in [-0.2, 0) is 65.4 Å². The quantitative estimate of drug-likeness (QED) is 0.0222. The van der Waals surface area contributed by atoms with Crippen molar-refractivity contribution in [1.82, 2.24) is 0 Å². The van der Waals surface area contributed by atoms with Crippen LogP contribution in [0.15, 0.2) is 0 Å².